The number of piperidine rings is 1. The van der Waals surface area contributed by atoms with Crippen molar-refractivity contribution in [2.45, 2.75) is 38.6 Å². The highest BCUT2D eigenvalue weighted by molar-refractivity contribution is 5.82. The summed E-state index contributed by atoms with van der Waals surface area (Å²) in [5.74, 6) is 1.99. The standard InChI is InChI=1S/C25H29N5/c1-17-13-19-15-21-23(24(19)26-16-17)25(30-11-9-20(10-12-30)29(2)3)28-22(27-21)14-18-7-5-4-6-8-18/h4-8,13,16,20H,9-12,14-15H2,1-3H3. The second-order valence-electron chi connectivity index (χ2n) is 8.83. The summed E-state index contributed by atoms with van der Waals surface area (Å²) in [7, 11) is 4.37. The summed E-state index contributed by atoms with van der Waals surface area (Å²) in [6.07, 6.45) is 5.90. The van der Waals surface area contributed by atoms with Crippen LogP contribution in [0.5, 0.6) is 0 Å². The van der Waals surface area contributed by atoms with E-state index in [2.05, 4.69) is 67.2 Å². The molecule has 1 aromatic carbocycles. The monoisotopic (exact) mass is 399 g/mol. The molecule has 2 aromatic heterocycles. The lowest BCUT2D eigenvalue weighted by Gasteiger charge is -2.36. The Hall–Kier alpha value is -2.79. The van der Waals surface area contributed by atoms with Crippen molar-refractivity contribution in [2.75, 3.05) is 32.1 Å². The summed E-state index contributed by atoms with van der Waals surface area (Å²) in [5.41, 5.74) is 7.10. The average Bonchev–Trinajstić information content (AvgIpc) is 3.11. The summed E-state index contributed by atoms with van der Waals surface area (Å²) >= 11 is 0. The molecule has 3 heterocycles. The SMILES string of the molecule is Cc1cnc2c(c1)Cc1nc(Cc3ccccc3)nc(N3CCC(N(C)C)CC3)c1-2. The molecule has 5 heteroatoms. The van der Waals surface area contributed by atoms with Crippen LogP contribution < -0.4 is 4.90 Å². The molecule has 5 nitrogen and oxygen atoms in total. The number of aryl methyl sites for hydroxylation is 1. The summed E-state index contributed by atoms with van der Waals surface area (Å²) < 4.78 is 0. The van der Waals surface area contributed by atoms with Gasteiger partial charge < -0.3 is 9.80 Å². The molecular formula is C25H29N5. The van der Waals surface area contributed by atoms with Crippen molar-refractivity contribution >= 4 is 5.82 Å². The molecule has 1 saturated heterocycles. The minimum Gasteiger partial charge on any atom is -0.356 e. The van der Waals surface area contributed by atoms with Crippen molar-refractivity contribution in [3.8, 4) is 11.3 Å². The molecule has 1 aliphatic carbocycles. The number of benzene rings is 1. The first-order valence-corrected chi connectivity index (χ1v) is 10.9. The van der Waals surface area contributed by atoms with Gasteiger partial charge in [-0.05, 0) is 50.6 Å². The van der Waals surface area contributed by atoms with Gasteiger partial charge in [-0.15, -0.1) is 0 Å². The van der Waals surface area contributed by atoms with Crippen molar-refractivity contribution < 1.29 is 0 Å². The number of aromatic nitrogens is 3. The molecule has 0 saturated carbocycles. The maximum absolute atomic E-state index is 5.12. The fraction of sp³-hybridized carbons (Fsp3) is 0.400. The molecule has 2 aliphatic rings. The van der Waals surface area contributed by atoms with Crippen molar-refractivity contribution in [1.29, 1.82) is 0 Å². The Morgan fingerprint density at radius 3 is 2.57 bits per heavy atom. The van der Waals surface area contributed by atoms with E-state index in [-0.39, 0.29) is 0 Å². The van der Waals surface area contributed by atoms with Crippen molar-refractivity contribution in [2.24, 2.45) is 0 Å². The topological polar surface area (TPSA) is 45.2 Å². The predicted octanol–water partition coefficient (Wildman–Crippen LogP) is 3.87. The molecule has 3 aromatic rings. The Kier molecular flexibility index (Phi) is 4.99. The number of fused-ring (bicyclic) bond motifs is 3. The minimum absolute atomic E-state index is 0.646. The predicted molar refractivity (Wildman–Crippen MR) is 121 cm³/mol. The molecule has 0 spiro atoms. The highest BCUT2D eigenvalue weighted by Gasteiger charge is 2.31. The van der Waals surface area contributed by atoms with Gasteiger partial charge in [0.05, 0.1) is 17.0 Å². The molecule has 5 rings (SSSR count). The molecule has 1 fully saturated rings. The Morgan fingerprint density at radius 2 is 1.83 bits per heavy atom. The van der Waals surface area contributed by atoms with Gasteiger partial charge in [0.1, 0.15) is 11.6 Å². The normalized spacial score (nSPS) is 16.1. The lowest BCUT2D eigenvalue weighted by Crippen LogP contribution is -2.42. The number of anilines is 1. The minimum atomic E-state index is 0.646. The van der Waals surface area contributed by atoms with E-state index < -0.39 is 0 Å². The molecule has 154 valence electrons. The van der Waals surface area contributed by atoms with Crippen LogP contribution in [-0.4, -0.2) is 53.1 Å². The lowest BCUT2D eigenvalue weighted by atomic mass is 10.0. The van der Waals surface area contributed by atoms with Crippen LogP contribution in [0.25, 0.3) is 11.3 Å². The summed E-state index contributed by atoms with van der Waals surface area (Å²) in [6, 6.07) is 13.4. The van der Waals surface area contributed by atoms with Gasteiger partial charge in [0.25, 0.3) is 0 Å². The van der Waals surface area contributed by atoms with Crippen LogP contribution in [0.4, 0.5) is 5.82 Å². The van der Waals surface area contributed by atoms with Crippen LogP contribution >= 0.6 is 0 Å². The zero-order chi connectivity index (χ0) is 20.7. The number of nitrogens with zero attached hydrogens (tertiary/aromatic N) is 5. The van der Waals surface area contributed by atoms with Crippen LogP contribution in [-0.2, 0) is 12.8 Å². The molecule has 0 amide bonds. The van der Waals surface area contributed by atoms with E-state index >= 15 is 0 Å². The van der Waals surface area contributed by atoms with Gasteiger partial charge in [0.15, 0.2) is 0 Å². The fourth-order valence-electron chi connectivity index (χ4n) is 4.76. The molecular weight excluding hydrogens is 370 g/mol. The number of pyridine rings is 1. The van der Waals surface area contributed by atoms with Crippen molar-refractivity contribution in [3.63, 3.8) is 0 Å². The average molecular weight is 400 g/mol. The van der Waals surface area contributed by atoms with E-state index in [9.17, 15) is 0 Å². The summed E-state index contributed by atoms with van der Waals surface area (Å²) in [6.45, 7) is 4.16. The smallest absolute Gasteiger partial charge is 0.142 e. The Balaban J connectivity index is 1.54. The third kappa shape index (κ3) is 3.58. The fourth-order valence-corrected chi connectivity index (χ4v) is 4.76. The van der Waals surface area contributed by atoms with Gasteiger partial charge >= 0.3 is 0 Å². The second-order valence-corrected chi connectivity index (χ2v) is 8.83. The van der Waals surface area contributed by atoms with Gasteiger partial charge in [0.2, 0.25) is 0 Å². The Bertz CT molecular complexity index is 1050. The van der Waals surface area contributed by atoms with Gasteiger partial charge in [-0.2, -0.15) is 0 Å². The van der Waals surface area contributed by atoms with Gasteiger partial charge in [-0.1, -0.05) is 36.4 Å². The third-order valence-corrected chi connectivity index (χ3v) is 6.41. The summed E-state index contributed by atoms with van der Waals surface area (Å²) in [5, 5.41) is 0. The molecule has 0 bridgehead atoms. The Morgan fingerprint density at radius 1 is 1.07 bits per heavy atom. The van der Waals surface area contributed by atoms with E-state index in [0.717, 1.165) is 67.4 Å². The zero-order valence-corrected chi connectivity index (χ0v) is 18.1. The first-order valence-electron chi connectivity index (χ1n) is 10.9. The van der Waals surface area contributed by atoms with Gasteiger partial charge in [0, 0.05) is 38.2 Å². The van der Waals surface area contributed by atoms with E-state index in [1.807, 2.05) is 6.20 Å². The van der Waals surface area contributed by atoms with Gasteiger partial charge in [-0.3, -0.25) is 4.98 Å². The van der Waals surface area contributed by atoms with E-state index in [4.69, 9.17) is 15.0 Å². The first-order chi connectivity index (χ1) is 14.6. The Labute approximate surface area is 178 Å². The maximum atomic E-state index is 5.12. The molecule has 1 aliphatic heterocycles. The zero-order valence-electron chi connectivity index (χ0n) is 18.1. The lowest BCUT2D eigenvalue weighted by molar-refractivity contribution is 0.249. The highest BCUT2D eigenvalue weighted by Crippen LogP contribution is 2.41. The highest BCUT2D eigenvalue weighted by atomic mass is 15.2. The van der Waals surface area contributed by atoms with Crippen LogP contribution in [0.2, 0.25) is 0 Å². The summed E-state index contributed by atoms with van der Waals surface area (Å²) in [4.78, 5) is 19.7. The first kappa shape index (κ1) is 19.2. The van der Waals surface area contributed by atoms with Crippen LogP contribution in [0.1, 0.15) is 41.1 Å². The van der Waals surface area contributed by atoms with Crippen molar-refractivity contribution in [1.82, 2.24) is 19.9 Å². The molecule has 0 radical (unpaired) electrons. The van der Waals surface area contributed by atoms with Crippen molar-refractivity contribution in [3.05, 3.63) is 70.8 Å². The largest absolute Gasteiger partial charge is 0.356 e. The number of hydrogen-bond donors (Lipinski definition) is 0. The van der Waals surface area contributed by atoms with E-state index in [1.54, 1.807) is 0 Å². The molecule has 0 unspecified atom stereocenters. The number of rotatable bonds is 4. The van der Waals surface area contributed by atoms with E-state index in [0.29, 0.717) is 6.04 Å². The number of hydrogen-bond acceptors (Lipinski definition) is 5. The molecule has 30 heavy (non-hydrogen) atoms. The quantitative estimate of drug-likeness (QED) is 0.521. The van der Waals surface area contributed by atoms with Crippen LogP contribution in [0.3, 0.4) is 0 Å². The third-order valence-electron chi connectivity index (χ3n) is 6.41. The van der Waals surface area contributed by atoms with Crippen LogP contribution in [0.15, 0.2) is 42.6 Å². The molecule has 0 atom stereocenters. The maximum Gasteiger partial charge on any atom is 0.142 e. The molecule has 0 N–H and O–H groups in total. The second kappa shape index (κ2) is 7.80. The van der Waals surface area contributed by atoms with E-state index in [1.165, 1.54) is 16.7 Å². The van der Waals surface area contributed by atoms with Crippen LogP contribution in [0, 0.1) is 6.92 Å². The van der Waals surface area contributed by atoms with Gasteiger partial charge in [-0.25, -0.2) is 9.97 Å².